The molecule has 1 aliphatic rings. The van der Waals surface area contributed by atoms with E-state index in [2.05, 4.69) is 9.97 Å². The van der Waals surface area contributed by atoms with Crippen molar-refractivity contribution in [3.8, 4) is 5.75 Å². The van der Waals surface area contributed by atoms with Crippen LogP contribution in [0, 0.1) is 6.92 Å². The first kappa shape index (κ1) is 10.2. The van der Waals surface area contributed by atoms with Gasteiger partial charge in [0.05, 0.1) is 5.69 Å². The molecule has 2 rings (SSSR count). The molecule has 0 aromatic carbocycles. The van der Waals surface area contributed by atoms with Gasteiger partial charge in [0.1, 0.15) is 5.82 Å². The number of aromatic nitrogens is 2. The number of nitrogens with zero attached hydrogens (tertiary/aromatic N) is 1. The standard InChI is InChI=1S/C11H16N2O2/c1-7-12-9(10(14)11(15)13-7)8-5-3-2-4-6-8/h8,14H,2-6H2,1H3,(H,12,13,15). The summed E-state index contributed by atoms with van der Waals surface area (Å²) in [4.78, 5) is 18.1. The predicted octanol–water partition coefficient (Wildman–Crippen LogP) is 1.83. The maximum absolute atomic E-state index is 11.4. The van der Waals surface area contributed by atoms with Crippen LogP contribution in [0.15, 0.2) is 4.79 Å². The van der Waals surface area contributed by atoms with Gasteiger partial charge in [0.15, 0.2) is 0 Å². The van der Waals surface area contributed by atoms with Gasteiger partial charge in [-0.25, -0.2) is 4.98 Å². The molecule has 0 saturated heterocycles. The monoisotopic (exact) mass is 208 g/mol. The fourth-order valence-corrected chi connectivity index (χ4v) is 2.26. The molecule has 0 unspecified atom stereocenters. The first-order valence-corrected chi connectivity index (χ1v) is 5.48. The van der Waals surface area contributed by atoms with Gasteiger partial charge >= 0.3 is 0 Å². The zero-order valence-corrected chi connectivity index (χ0v) is 8.92. The topological polar surface area (TPSA) is 66.0 Å². The summed E-state index contributed by atoms with van der Waals surface area (Å²) >= 11 is 0. The summed E-state index contributed by atoms with van der Waals surface area (Å²) < 4.78 is 0. The molecule has 0 aliphatic heterocycles. The summed E-state index contributed by atoms with van der Waals surface area (Å²) in [7, 11) is 0. The van der Waals surface area contributed by atoms with Crippen LogP contribution in [0.2, 0.25) is 0 Å². The van der Waals surface area contributed by atoms with Crippen LogP contribution in [0.4, 0.5) is 0 Å². The van der Waals surface area contributed by atoms with Gasteiger partial charge in [-0.2, -0.15) is 0 Å². The van der Waals surface area contributed by atoms with E-state index in [1.165, 1.54) is 6.42 Å². The molecule has 15 heavy (non-hydrogen) atoms. The van der Waals surface area contributed by atoms with Crippen LogP contribution in [-0.4, -0.2) is 15.1 Å². The molecule has 1 saturated carbocycles. The third-order valence-corrected chi connectivity index (χ3v) is 3.03. The largest absolute Gasteiger partial charge is 0.502 e. The van der Waals surface area contributed by atoms with E-state index >= 15 is 0 Å². The Morgan fingerprint density at radius 1 is 1.33 bits per heavy atom. The van der Waals surface area contributed by atoms with E-state index in [9.17, 15) is 9.90 Å². The first-order chi connectivity index (χ1) is 7.18. The Bertz CT molecular complexity index is 406. The fourth-order valence-electron chi connectivity index (χ4n) is 2.26. The SMILES string of the molecule is Cc1nc(C2CCCCC2)c(O)c(=O)[nH]1. The van der Waals surface area contributed by atoms with Gasteiger partial charge in [0.25, 0.3) is 5.56 Å². The molecule has 0 spiro atoms. The number of nitrogens with one attached hydrogen (secondary N) is 1. The van der Waals surface area contributed by atoms with E-state index in [0.717, 1.165) is 25.7 Å². The Kier molecular flexibility index (Phi) is 2.75. The van der Waals surface area contributed by atoms with Gasteiger partial charge in [-0.3, -0.25) is 4.79 Å². The highest BCUT2D eigenvalue weighted by Crippen LogP contribution is 2.34. The first-order valence-electron chi connectivity index (χ1n) is 5.48. The zero-order chi connectivity index (χ0) is 10.8. The Balaban J connectivity index is 2.37. The molecule has 4 heteroatoms. The Labute approximate surface area is 88.4 Å². The molecule has 4 nitrogen and oxygen atoms in total. The lowest BCUT2D eigenvalue weighted by Crippen LogP contribution is -2.16. The van der Waals surface area contributed by atoms with E-state index in [-0.39, 0.29) is 11.7 Å². The zero-order valence-electron chi connectivity index (χ0n) is 8.92. The van der Waals surface area contributed by atoms with E-state index in [1.807, 2.05) is 0 Å². The summed E-state index contributed by atoms with van der Waals surface area (Å²) in [6.45, 7) is 1.74. The van der Waals surface area contributed by atoms with E-state index in [1.54, 1.807) is 6.92 Å². The maximum Gasteiger partial charge on any atom is 0.293 e. The summed E-state index contributed by atoms with van der Waals surface area (Å²) in [5, 5.41) is 9.67. The normalized spacial score (nSPS) is 17.9. The quantitative estimate of drug-likeness (QED) is 0.740. The minimum absolute atomic E-state index is 0.187. The van der Waals surface area contributed by atoms with Crippen molar-refractivity contribution in [3.63, 3.8) is 0 Å². The van der Waals surface area contributed by atoms with Crippen molar-refractivity contribution in [3.05, 3.63) is 21.9 Å². The lowest BCUT2D eigenvalue weighted by atomic mass is 9.86. The number of aromatic hydroxyl groups is 1. The van der Waals surface area contributed by atoms with Gasteiger partial charge in [-0.05, 0) is 19.8 Å². The average Bonchev–Trinajstić information content (AvgIpc) is 2.24. The van der Waals surface area contributed by atoms with E-state index in [0.29, 0.717) is 11.5 Å². The van der Waals surface area contributed by atoms with Crippen LogP contribution >= 0.6 is 0 Å². The van der Waals surface area contributed by atoms with Gasteiger partial charge in [0.2, 0.25) is 5.75 Å². The predicted molar refractivity (Wildman–Crippen MR) is 57.1 cm³/mol. The average molecular weight is 208 g/mol. The van der Waals surface area contributed by atoms with Crippen molar-refractivity contribution in [2.75, 3.05) is 0 Å². The van der Waals surface area contributed by atoms with Gasteiger partial charge < -0.3 is 10.1 Å². The fraction of sp³-hybridized carbons (Fsp3) is 0.636. The second-order valence-electron chi connectivity index (χ2n) is 4.22. The van der Waals surface area contributed by atoms with Gasteiger partial charge in [0, 0.05) is 5.92 Å². The van der Waals surface area contributed by atoms with Crippen LogP contribution in [0.1, 0.15) is 49.5 Å². The van der Waals surface area contributed by atoms with Crippen molar-refractivity contribution in [1.29, 1.82) is 0 Å². The molecule has 1 aromatic heterocycles. The molecule has 0 atom stereocenters. The molecule has 1 aromatic rings. The van der Waals surface area contributed by atoms with Crippen LogP contribution in [0.3, 0.4) is 0 Å². The number of hydrogen-bond donors (Lipinski definition) is 2. The van der Waals surface area contributed by atoms with Crippen molar-refractivity contribution >= 4 is 0 Å². The van der Waals surface area contributed by atoms with Crippen molar-refractivity contribution in [2.24, 2.45) is 0 Å². The Morgan fingerprint density at radius 3 is 2.67 bits per heavy atom. The molecule has 0 amide bonds. The highest BCUT2D eigenvalue weighted by Gasteiger charge is 2.21. The summed E-state index contributed by atoms with van der Waals surface area (Å²) in [5.74, 6) is 0.658. The van der Waals surface area contributed by atoms with Gasteiger partial charge in [-0.15, -0.1) is 0 Å². The second-order valence-corrected chi connectivity index (χ2v) is 4.22. The Hall–Kier alpha value is -1.32. The number of H-pyrrole nitrogens is 1. The number of hydrogen-bond acceptors (Lipinski definition) is 3. The molecular weight excluding hydrogens is 192 g/mol. The van der Waals surface area contributed by atoms with Crippen molar-refractivity contribution in [1.82, 2.24) is 9.97 Å². The molecule has 1 aliphatic carbocycles. The van der Waals surface area contributed by atoms with E-state index < -0.39 is 5.56 Å². The van der Waals surface area contributed by atoms with Crippen molar-refractivity contribution < 1.29 is 5.11 Å². The number of aromatic amines is 1. The summed E-state index contributed by atoms with van der Waals surface area (Å²) in [6, 6.07) is 0. The number of aryl methyl sites for hydroxylation is 1. The van der Waals surface area contributed by atoms with Crippen LogP contribution in [0.25, 0.3) is 0 Å². The molecule has 1 heterocycles. The number of rotatable bonds is 1. The Morgan fingerprint density at radius 2 is 2.00 bits per heavy atom. The lowest BCUT2D eigenvalue weighted by Gasteiger charge is -2.21. The van der Waals surface area contributed by atoms with Gasteiger partial charge in [-0.1, -0.05) is 19.3 Å². The molecular formula is C11H16N2O2. The summed E-state index contributed by atoms with van der Waals surface area (Å²) in [6.07, 6.45) is 5.64. The third kappa shape index (κ3) is 2.03. The van der Waals surface area contributed by atoms with Crippen LogP contribution in [0.5, 0.6) is 5.75 Å². The lowest BCUT2D eigenvalue weighted by molar-refractivity contribution is 0.399. The minimum atomic E-state index is -0.414. The third-order valence-electron chi connectivity index (χ3n) is 3.03. The highest BCUT2D eigenvalue weighted by molar-refractivity contribution is 5.26. The minimum Gasteiger partial charge on any atom is -0.502 e. The molecule has 2 N–H and O–H groups in total. The molecule has 82 valence electrons. The molecule has 1 fully saturated rings. The van der Waals surface area contributed by atoms with E-state index in [4.69, 9.17) is 0 Å². The summed E-state index contributed by atoms with van der Waals surface area (Å²) in [5.41, 5.74) is 0.180. The van der Waals surface area contributed by atoms with Crippen LogP contribution < -0.4 is 5.56 Å². The van der Waals surface area contributed by atoms with Crippen LogP contribution in [-0.2, 0) is 0 Å². The second kappa shape index (κ2) is 4.04. The molecule has 0 bridgehead atoms. The smallest absolute Gasteiger partial charge is 0.293 e. The maximum atomic E-state index is 11.4. The molecule has 0 radical (unpaired) electrons. The highest BCUT2D eigenvalue weighted by atomic mass is 16.3. The van der Waals surface area contributed by atoms with Crippen molar-refractivity contribution in [2.45, 2.75) is 44.9 Å².